The number of carbonyl (C=O) groups excluding carboxylic acids is 1. The standard InChI is InChI=1S/C23H20O4/c1-26-23-15-17(11-13-21(25)19-9-5-6-10-20(19)24)12-14-22(23)27-16-18-7-3-2-4-8-18/h2-15,24H,16H2,1H3/b13-11+. The average Bonchev–Trinajstić information content (AvgIpc) is 2.71. The molecule has 136 valence electrons. The van der Waals surface area contributed by atoms with E-state index in [0.29, 0.717) is 18.1 Å². The normalized spacial score (nSPS) is 10.7. The predicted octanol–water partition coefficient (Wildman–Crippen LogP) is 4.88. The van der Waals surface area contributed by atoms with Gasteiger partial charge < -0.3 is 14.6 Å². The van der Waals surface area contributed by atoms with Crippen LogP contribution in [-0.2, 0) is 6.61 Å². The van der Waals surface area contributed by atoms with E-state index in [4.69, 9.17) is 9.47 Å². The average molecular weight is 360 g/mol. The van der Waals surface area contributed by atoms with E-state index >= 15 is 0 Å². The molecule has 0 aliphatic heterocycles. The van der Waals surface area contributed by atoms with Gasteiger partial charge in [0.15, 0.2) is 17.3 Å². The molecule has 0 unspecified atom stereocenters. The number of aromatic hydroxyl groups is 1. The molecule has 3 rings (SSSR count). The highest BCUT2D eigenvalue weighted by Gasteiger charge is 2.08. The van der Waals surface area contributed by atoms with E-state index in [1.807, 2.05) is 42.5 Å². The molecule has 1 N–H and O–H groups in total. The van der Waals surface area contributed by atoms with Crippen molar-refractivity contribution >= 4 is 11.9 Å². The Morgan fingerprint density at radius 2 is 1.70 bits per heavy atom. The molecule has 3 aromatic rings. The molecule has 0 aromatic heterocycles. The van der Waals surface area contributed by atoms with E-state index in [2.05, 4.69) is 0 Å². The first-order valence-corrected chi connectivity index (χ1v) is 8.52. The van der Waals surface area contributed by atoms with E-state index < -0.39 is 0 Å². The summed E-state index contributed by atoms with van der Waals surface area (Å²) >= 11 is 0. The lowest BCUT2D eigenvalue weighted by atomic mass is 10.1. The van der Waals surface area contributed by atoms with Crippen LogP contribution in [0.2, 0.25) is 0 Å². The Balaban J connectivity index is 1.72. The Morgan fingerprint density at radius 1 is 0.963 bits per heavy atom. The van der Waals surface area contributed by atoms with Crippen LogP contribution in [0.15, 0.2) is 78.9 Å². The van der Waals surface area contributed by atoms with E-state index in [0.717, 1.165) is 11.1 Å². The number of hydrogen-bond donors (Lipinski definition) is 1. The quantitative estimate of drug-likeness (QED) is 0.482. The first kappa shape index (κ1) is 18.3. The predicted molar refractivity (Wildman–Crippen MR) is 105 cm³/mol. The zero-order valence-electron chi connectivity index (χ0n) is 15.0. The molecule has 0 aliphatic carbocycles. The van der Waals surface area contributed by atoms with Crippen LogP contribution >= 0.6 is 0 Å². The molecule has 0 atom stereocenters. The number of allylic oxidation sites excluding steroid dienone is 1. The number of benzene rings is 3. The molecule has 3 aromatic carbocycles. The number of ketones is 1. The van der Waals surface area contributed by atoms with Gasteiger partial charge >= 0.3 is 0 Å². The van der Waals surface area contributed by atoms with Gasteiger partial charge in [-0.2, -0.15) is 0 Å². The topological polar surface area (TPSA) is 55.8 Å². The SMILES string of the molecule is COc1cc(/C=C/C(=O)c2ccccc2O)ccc1OCc1ccccc1. The van der Waals surface area contributed by atoms with Gasteiger partial charge in [-0.25, -0.2) is 0 Å². The summed E-state index contributed by atoms with van der Waals surface area (Å²) in [6, 6.07) is 21.8. The Labute approximate surface area is 158 Å². The largest absolute Gasteiger partial charge is 0.507 e. The van der Waals surface area contributed by atoms with Crippen molar-refractivity contribution in [3.8, 4) is 17.2 Å². The molecule has 4 nitrogen and oxygen atoms in total. The van der Waals surface area contributed by atoms with Crippen LogP contribution in [0.5, 0.6) is 17.2 Å². The first-order valence-electron chi connectivity index (χ1n) is 8.52. The number of phenolic OH excluding ortho intramolecular Hbond substituents is 1. The van der Waals surface area contributed by atoms with Crippen LogP contribution in [-0.4, -0.2) is 18.0 Å². The van der Waals surface area contributed by atoms with Gasteiger partial charge in [0, 0.05) is 0 Å². The third kappa shape index (κ3) is 4.76. The third-order valence-electron chi connectivity index (χ3n) is 4.02. The van der Waals surface area contributed by atoms with Gasteiger partial charge in [-0.3, -0.25) is 4.79 Å². The van der Waals surface area contributed by atoms with Crippen LogP contribution in [0.3, 0.4) is 0 Å². The van der Waals surface area contributed by atoms with Crippen LogP contribution in [0, 0.1) is 0 Å². The fraction of sp³-hybridized carbons (Fsp3) is 0.0870. The van der Waals surface area contributed by atoms with Gasteiger partial charge in [0.25, 0.3) is 0 Å². The molecular weight excluding hydrogens is 340 g/mol. The minimum atomic E-state index is -0.267. The highest BCUT2D eigenvalue weighted by atomic mass is 16.5. The van der Waals surface area contributed by atoms with Crippen LogP contribution in [0.25, 0.3) is 6.08 Å². The zero-order valence-corrected chi connectivity index (χ0v) is 15.0. The molecule has 0 aliphatic rings. The maximum absolute atomic E-state index is 12.2. The lowest BCUT2D eigenvalue weighted by Gasteiger charge is -2.11. The summed E-state index contributed by atoms with van der Waals surface area (Å²) in [7, 11) is 1.57. The lowest BCUT2D eigenvalue weighted by molar-refractivity contribution is 0.104. The molecule has 0 amide bonds. The number of carbonyl (C=O) groups is 1. The molecule has 27 heavy (non-hydrogen) atoms. The van der Waals surface area contributed by atoms with Gasteiger partial charge in [-0.05, 0) is 41.5 Å². The molecule has 0 radical (unpaired) electrons. The van der Waals surface area contributed by atoms with Gasteiger partial charge in [-0.1, -0.05) is 54.6 Å². The minimum Gasteiger partial charge on any atom is -0.507 e. The second-order valence-electron chi connectivity index (χ2n) is 5.90. The van der Waals surface area contributed by atoms with Crippen molar-refractivity contribution in [3.05, 3.63) is 95.6 Å². The van der Waals surface area contributed by atoms with Crippen LogP contribution in [0.4, 0.5) is 0 Å². The minimum absolute atomic E-state index is 0.0330. The molecule has 0 bridgehead atoms. The Hall–Kier alpha value is -3.53. The van der Waals surface area contributed by atoms with Gasteiger partial charge in [0.1, 0.15) is 12.4 Å². The number of para-hydroxylation sites is 1. The summed E-state index contributed by atoms with van der Waals surface area (Å²) in [5, 5.41) is 9.76. The second-order valence-corrected chi connectivity index (χ2v) is 5.90. The van der Waals surface area contributed by atoms with E-state index in [1.165, 1.54) is 12.1 Å². The van der Waals surface area contributed by atoms with Crippen molar-refractivity contribution in [2.45, 2.75) is 6.61 Å². The summed E-state index contributed by atoms with van der Waals surface area (Å²) in [5.74, 6) is 0.916. The van der Waals surface area contributed by atoms with Gasteiger partial charge in [0.05, 0.1) is 12.7 Å². The van der Waals surface area contributed by atoms with Gasteiger partial charge in [0.2, 0.25) is 0 Å². The number of methoxy groups -OCH3 is 1. The van der Waals surface area contributed by atoms with Crippen molar-refractivity contribution < 1.29 is 19.4 Å². The molecule has 0 saturated carbocycles. The fourth-order valence-corrected chi connectivity index (χ4v) is 2.59. The number of rotatable bonds is 7. The van der Waals surface area contributed by atoms with Crippen molar-refractivity contribution in [2.24, 2.45) is 0 Å². The van der Waals surface area contributed by atoms with E-state index in [-0.39, 0.29) is 17.1 Å². The molecular formula is C23H20O4. The monoisotopic (exact) mass is 360 g/mol. The molecule has 0 spiro atoms. The van der Waals surface area contributed by atoms with Crippen molar-refractivity contribution in [1.29, 1.82) is 0 Å². The number of ether oxygens (including phenoxy) is 2. The maximum atomic E-state index is 12.2. The smallest absolute Gasteiger partial charge is 0.189 e. The Kier molecular flexibility index (Phi) is 5.90. The molecule has 0 saturated heterocycles. The van der Waals surface area contributed by atoms with Crippen LogP contribution in [0.1, 0.15) is 21.5 Å². The first-order chi connectivity index (χ1) is 13.2. The summed E-state index contributed by atoms with van der Waals surface area (Å²) in [6.45, 7) is 0.443. The molecule has 0 heterocycles. The summed E-state index contributed by atoms with van der Waals surface area (Å²) in [4.78, 5) is 12.2. The van der Waals surface area contributed by atoms with Crippen molar-refractivity contribution in [2.75, 3.05) is 7.11 Å². The number of phenols is 1. The molecule has 0 fully saturated rings. The Bertz CT molecular complexity index is 946. The maximum Gasteiger partial charge on any atom is 0.189 e. The van der Waals surface area contributed by atoms with Gasteiger partial charge in [-0.15, -0.1) is 0 Å². The van der Waals surface area contributed by atoms with Crippen molar-refractivity contribution in [1.82, 2.24) is 0 Å². The summed E-state index contributed by atoms with van der Waals surface area (Å²) in [5.41, 5.74) is 2.13. The van der Waals surface area contributed by atoms with E-state index in [1.54, 1.807) is 37.5 Å². The highest BCUT2D eigenvalue weighted by Crippen LogP contribution is 2.29. The van der Waals surface area contributed by atoms with E-state index in [9.17, 15) is 9.90 Å². The summed E-state index contributed by atoms with van der Waals surface area (Å²) in [6.07, 6.45) is 3.10. The number of hydrogen-bond acceptors (Lipinski definition) is 4. The third-order valence-corrected chi connectivity index (χ3v) is 4.02. The zero-order chi connectivity index (χ0) is 19.1. The summed E-state index contributed by atoms with van der Waals surface area (Å²) < 4.78 is 11.2. The fourth-order valence-electron chi connectivity index (χ4n) is 2.59. The second kappa shape index (κ2) is 8.72. The highest BCUT2D eigenvalue weighted by molar-refractivity contribution is 6.08. The molecule has 4 heteroatoms. The lowest BCUT2D eigenvalue weighted by Crippen LogP contribution is -1.98. The van der Waals surface area contributed by atoms with Crippen molar-refractivity contribution in [3.63, 3.8) is 0 Å². The Morgan fingerprint density at radius 3 is 2.44 bits per heavy atom. The van der Waals surface area contributed by atoms with Crippen LogP contribution < -0.4 is 9.47 Å².